The van der Waals surface area contributed by atoms with Crippen LogP contribution in [0.4, 0.5) is 0 Å². The van der Waals surface area contributed by atoms with Crippen LogP contribution in [0.3, 0.4) is 0 Å². The Bertz CT molecular complexity index is 897. The van der Waals surface area contributed by atoms with Crippen LogP contribution in [-0.2, 0) is 52.4 Å². The van der Waals surface area contributed by atoms with E-state index in [4.69, 9.17) is 34.1 Å². The molecule has 12 nitrogen and oxygen atoms in total. The van der Waals surface area contributed by atoms with Crippen molar-refractivity contribution >= 4 is 64.6 Å². The SMILES string of the molecule is C=C[Si](C)(C)OP1(=O)OP(=O)(O[Si](C)(C)C=C)OP(=O)(O[Si](C)(C)C=C)OP(=O)(O[Si](C)(C)C=C)O1. The predicted octanol–water partition coefficient (Wildman–Crippen LogP) is 8.29. The molecule has 20 heteroatoms. The lowest BCUT2D eigenvalue weighted by Gasteiger charge is -2.37. The molecule has 0 bridgehead atoms. The number of rotatable bonds is 12. The maximum atomic E-state index is 13.8. The van der Waals surface area contributed by atoms with E-state index in [1.165, 1.54) is 22.8 Å². The normalized spacial score (nSPS) is 32.7. The van der Waals surface area contributed by atoms with E-state index >= 15 is 0 Å². The number of phosphoric acid groups is 4. The second-order valence-electron chi connectivity index (χ2n) is 9.71. The van der Waals surface area contributed by atoms with Gasteiger partial charge in [-0.3, -0.25) is 0 Å². The molecule has 0 unspecified atom stereocenters. The molecule has 0 radical (unpaired) electrons. The Balaban J connectivity index is 3.85. The fourth-order valence-electron chi connectivity index (χ4n) is 1.98. The van der Waals surface area contributed by atoms with Crippen LogP contribution in [0.15, 0.2) is 49.1 Å². The summed E-state index contributed by atoms with van der Waals surface area (Å²) in [6, 6.07) is 0. The van der Waals surface area contributed by atoms with Crippen LogP contribution in [0.1, 0.15) is 0 Å². The minimum absolute atomic E-state index is 1.37. The molecule has 0 aromatic heterocycles. The second kappa shape index (κ2) is 11.5. The van der Waals surface area contributed by atoms with Gasteiger partial charge in [0.15, 0.2) is 0 Å². The van der Waals surface area contributed by atoms with Crippen LogP contribution in [0.2, 0.25) is 52.4 Å². The van der Waals surface area contributed by atoms with Crippen molar-refractivity contribution in [1.29, 1.82) is 0 Å². The van der Waals surface area contributed by atoms with Crippen molar-refractivity contribution in [2.45, 2.75) is 52.4 Å². The summed E-state index contributed by atoms with van der Waals surface area (Å²) in [5, 5.41) is 0. The first kappa shape index (κ1) is 34.5. The van der Waals surface area contributed by atoms with Crippen molar-refractivity contribution in [2.24, 2.45) is 0 Å². The fourth-order valence-corrected chi connectivity index (χ4v) is 21.3. The van der Waals surface area contributed by atoms with Gasteiger partial charge in [-0.1, -0.05) is 22.8 Å². The average molecular weight is 657 g/mol. The highest BCUT2D eigenvalue weighted by molar-refractivity contribution is 7.77. The van der Waals surface area contributed by atoms with E-state index in [2.05, 4.69) is 26.3 Å². The molecule has 36 heavy (non-hydrogen) atoms. The Kier molecular flexibility index (Phi) is 11.0. The van der Waals surface area contributed by atoms with E-state index in [1.807, 2.05) is 0 Å². The molecule has 1 heterocycles. The van der Waals surface area contributed by atoms with Crippen molar-refractivity contribution < 1.29 is 52.4 Å². The maximum absolute atomic E-state index is 13.8. The molecule has 0 atom stereocenters. The van der Waals surface area contributed by atoms with Gasteiger partial charge in [0.2, 0.25) is 33.3 Å². The molecule has 0 aromatic rings. The van der Waals surface area contributed by atoms with Crippen LogP contribution in [0.25, 0.3) is 0 Å². The Morgan fingerprint density at radius 2 is 0.583 bits per heavy atom. The van der Waals surface area contributed by atoms with Crippen molar-refractivity contribution in [2.75, 3.05) is 0 Å². The van der Waals surface area contributed by atoms with Gasteiger partial charge >= 0.3 is 31.3 Å². The fraction of sp³-hybridized carbons (Fsp3) is 0.500. The Hall–Kier alpha value is 0.428. The third-order valence-corrected chi connectivity index (χ3v) is 25.6. The van der Waals surface area contributed by atoms with E-state index in [1.54, 1.807) is 52.4 Å². The van der Waals surface area contributed by atoms with E-state index < -0.39 is 64.6 Å². The van der Waals surface area contributed by atoms with Crippen molar-refractivity contribution in [3.05, 3.63) is 49.1 Å². The summed E-state index contributed by atoms with van der Waals surface area (Å²) in [6.07, 6.45) is 0. The topological polar surface area (TPSA) is 142 Å². The molecule has 1 rings (SSSR count). The first-order valence-electron chi connectivity index (χ1n) is 10.5. The van der Waals surface area contributed by atoms with Gasteiger partial charge in [-0.15, -0.1) is 26.3 Å². The molecule has 0 amide bonds. The summed E-state index contributed by atoms with van der Waals surface area (Å²) in [5.41, 5.74) is 5.48. The molecule has 0 saturated carbocycles. The molecule has 208 valence electrons. The van der Waals surface area contributed by atoms with Crippen LogP contribution >= 0.6 is 31.3 Å². The maximum Gasteiger partial charge on any atom is 0.483 e. The number of hydrogen-bond acceptors (Lipinski definition) is 12. The summed E-state index contributed by atoms with van der Waals surface area (Å²) in [7, 11) is -32.7. The minimum Gasteiger partial charge on any atom is -0.325 e. The highest BCUT2D eigenvalue weighted by Crippen LogP contribution is 2.84. The van der Waals surface area contributed by atoms with E-state index in [-0.39, 0.29) is 0 Å². The van der Waals surface area contributed by atoms with Gasteiger partial charge < -0.3 is 16.9 Å². The summed E-state index contributed by atoms with van der Waals surface area (Å²) < 4.78 is 98.3. The number of hydrogen-bond donors (Lipinski definition) is 0. The largest absolute Gasteiger partial charge is 0.483 e. The van der Waals surface area contributed by atoms with Crippen LogP contribution < -0.4 is 0 Å². The first-order valence-corrected chi connectivity index (χ1v) is 28.3. The van der Waals surface area contributed by atoms with Crippen molar-refractivity contribution in [3.8, 4) is 0 Å². The van der Waals surface area contributed by atoms with Gasteiger partial charge in [-0.05, 0) is 52.4 Å². The zero-order valence-corrected chi connectivity index (χ0v) is 29.4. The molecule has 1 fully saturated rings. The lowest BCUT2D eigenvalue weighted by atomic mass is 11.3. The Morgan fingerprint density at radius 1 is 0.444 bits per heavy atom. The lowest BCUT2D eigenvalue weighted by molar-refractivity contribution is 0.173. The molecule has 0 N–H and O–H groups in total. The third-order valence-electron chi connectivity index (χ3n) is 4.15. The van der Waals surface area contributed by atoms with Gasteiger partial charge in [0.05, 0.1) is 0 Å². The van der Waals surface area contributed by atoms with Crippen LogP contribution in [0, 0.1) is 0 Å². The smallest absolute Gasteiger partial charge is 0.325 e. The highest BCUT2D eigenvalue weighted by atomic mass is 31.3. The first-order chi connectivity index (χ1) is 15.9. The molecule has 0 spiro atoms. The molecule has 1 aliphatic rings. The van der Waals surface area contributed by atoms with Crippen LogP contribution in [-0.4, -0.2) is 33.3 Å². The lowest BCUT2D eigenvalue weighted by Crippen LogP contribution is -2.32. The molecule has 1 aliphatic heterocycles. The molecule has 0 aromatic carbocycles. The molecule has 0 aliphatic carbocycles. The van der Waals surface area contributed by atoms with E-state index in [9.17, 15) is 18.3 Å². The van der Waals surface area contributed by atoms with Gasteiger partial charge in [0, 0.05) is 0 Å². The standard InChI is InChI=1S/C16H36O12P4Si4/c1-13-33(5,6)25-29(17)21-30(18,26-34(7,8)14-2)23-32(20,28-36(11,12)16-4)24-31(19,22-29)27-35(9,10)15-3/h13-16H,1-4H2,5-12H3. The summed E-state index contributed by atoms with van der Waals surface area (Å²) >= 11 is 0. The highest BCUT2D eigenvalue weighted by Gasteiger charge is 2.60. The minimum atomic E-state index is -5.12. The molecular weight excluding hydrogens is 620 g/mol. The van der Waals surface area contributed by atoms with Crippen LogP contribution in [0.5, 0.6) is 0 Å². The Labute approximate surface area is 218 Å². The zero-order chi connectivity index (χ0) is 28.5. The molecule has 1 saturated heterocycles. The van der Waals surface area contributed by atoms with Crippen molar-refractivity contribution in [1.82, 2.24) is 0 Å². The van der Waals surface area contributed by atoms with Gasteiger partial charge in [-0.25, -0.2) is 18.3 Å². The van der Waals surface area contributed by atoms with E-state index in [0.717, 1.165) is 0 Å². The average Bonchev–Trinajstić information content (AvgIpc) is 2.63. The summed E-state index contributed by atoms with van der Waals surface area (Å²) in [4.78, 5) is 0. The van der Waals surface area contributed by atoms with E-state index in [0.29, 0.717) is 0 Å². The summed E-state index contributed by atoms with van der Waals surface area (Å²) in [6.45, 7) is 26.9. The predicted molar refractivity (Wildman–Crippen MR) is 150 cm³/mol. The second-order valence-corrected chi connectivity index (χ2v) is 33.3. The summed E-state index contributed by atoms with van der Waals surface area (Å²) in [5.74, 6) is 0. The van der Waals surface area contributed by atoms with Crippen molar-refractivity contribution in [3.63, 3.8) is 0 Å². The quantitative estimate of drug-likeness (QED) is 0.147. The van der Waals surface area contributed by atoms with Gasteiger partial charge in [0.25, 0.3) is 0 Å². The Morgan fingerprint density at radius 3 is 0.694 bits per heavy atom. The molecular formula is C16H36O12P4Si4. The third kappa shape index (κ3) is 10.5. The van der Waals surface area contributed by atoms with Gasteiger partial charge in [0.1, 0.15) is 0 Å². The monoisotopic (exact) mass is 656 g/mol. The zero-order valence-electron chi connectivity index (χ0n) is 21.8. The van der Waals surface area contributed by atoms with Gasteiger partial charge in [-0.2, -0.15) is 17.2 Å².